The van der Waals surface area contributed by atoms with Crippen LogP contribution in [0, 0.1) is 10.1 Å². The van der Waals surface area contributed by atoms with Crippen LogP contribution in [0.15, 0.2) is 18.2 Å². The summed E-state index contributed by atoms with van der Waals surface area (Å²) in [5.41, 5.74) is -0.220. The van der Waals surface area contributed by atoms with Crippen LogP contribution in [-0.2, 0) is 4.74 Å². The summed E-state index contributed by atoms with van der Waals surface area (Å²) in [6.45, 7) is 1.49. The summed E-state index contributed by atoms with van der Waals surface area (Å²) in [6, 6.07) is 3.49. The topological polar surface area (TPSA) is 122 Å². The highest BCUT2D eigenvalue weighted by atomic mass is 35.5. The lowest BCUT2D eigenvalue weighted by Crippen LogP contribution is -2.58. The Bertz CT molecular complexity index is 540. The van der Waals surface area contributed by atoms with E-state index in [4.69, 9.17) is 21.1 Å². The van der Waals surface area contributed by atoms with Crippen LogP contribution in [0.3, 0.4) is 0 Å². The van der Waals surface area contributed by atoms with Crippen LogP contribution < -0.4 is 4.74 Å². The fourth-order valence-corrected chi connectivity index (χ4v) is 2.21. The average molecular weight is 320 g/mol. The maximum absolute atomic E-state index is 10.6. The molecule has 1 heterocycles. The SMILES string of the molecule is C[C@H]1O[C@@H](O)[C@H](Oc2ccc([N+](=O)[O-])cc2Cl)[C@@H](O)[C@@H]1O. The molecule has 1 aliphatic rings. The molecule has 21 heavy (non-hydrogen) atoms. The molecule has 3 N–H and O–H groups in total. The Morgan fingerprint density at radius 2 is 2.00 bits per heavy atom. The zero-order valence-corrected chi connectivity index (χ0v) is 11.7. The van der Waals surface area contributed by atoms with Crippen LogP contribution in [0.5, 0.6) is 5.75 Å². The van der Waals surface area contributed by atoms with Gasteiger partial charge in [-0.1, -0.05) is 11.6 Å². The lowest BCUT2D eigenvalue weighted by Gasteiger charge is -2.39. The van der Waals surface area contributed by atoms with Crippen molar-refractivity contribution in [2.75, 3.05) is 0 Å². The number of hydrogen-bond acceptors (Lipinski definition) is 7. The molecule has 0 spiro atoms. The summed E-state index contributed by atoms with van der Waals surface area (Å²) in [4.78, 5) is 9.99. The summed E-state index contributed by atoms with van der Waals surface area (Å²) < 4.78 is 10.3. The van der Waals surface area contributed by atoms with Gasteiger partial charge in [-0.05, 0) is 13.0 Å². The first-order chi connectivity index (χ1) is 9.81. The smallest absolute Gasteiger partial charge is 0.271 e. The van der Waals surface area contributed by atoms with Crippen molar-refractivity contribution in [3.05, 3.63) is 33.3 Å². The Hall–Kier alpha value is -1.45. The minimum absolute atomic E-state index is 0.0238. The molecule has 0 aliphatic carbocycles. The van der Waals surface area contributed by atoms with Crippen molar-refractivity contribution in [3.8, 4) is 5.75 Å². The number of halogens is 1. The van der Waals surface area contributed by atoms with Crippen molar-refractivity contribution in [2.24, 2.45) is 0 Å². The van der Waals surface area contributed by atoms with Crippen LogP contribution >= 0.6 is 11.6 Å². The van der Waals surface area contributed by atoms with Crippen LogP contribution in [0.1, 0.15) is 6.92 Å². The van der Waals surface area contributed by atoms with Gasteiger partial charge in [-0.3, -0.25) is 10.1 Å². The molecule has 1 aromatic carbocycles. The number of benzene rings is 1. The number of aliphatic hydroxyl groups excluding tert-OH is 3. The van der Waals surface area contributed by atoms with Gasteiger partial charge in [0, 0.05) is 12.1 Å². The van der Waals surface area contributed by atoms with Gasteiger partial charge in [-0.2, -0.15) is 0 Å². The molecule has 116 valence electrons. The second kappa shape index (κ2) is 6.12. The normalized spacial score (nSPS) is 32.7. The van der Waals surface area contributed by atoms with Crippen LogP contribution in [0.4, 0.5) is 5.69 Å². The molecule has 0 aromatic heterocycles. The molecule has 8 nitrogen and oxygen atoms in total. The van der Waals surface area contributed by atoms with Gasteiger partial charge < -0.3 is 24.8 Å². The molecule has 1 aromatic rings. The second-order valence-corrected chi connectivity index (χ2v) is 5.07. The van der Waals surface area contributed by atoms with E-state index in [2.05, 4.69) is 0 Å². The number of hydrogen-bond donors (Lipinski definition) is 3. The number of rotatable bonds is 3. The van der Waals surface area contributed by atoms with E-state index < -0.39 is 35.6 Å². The molecule has 9 heteroatoms. The average Bonchev–Trinajstić information content (AvgIpc) is 2.42. The predicted octanol–water partition coefficient (Wildman–Crippen LogP) is 0.454. The third kappa shape index (κ3) is 3.25. The van der Waals surface area contributed by atoms with Gasteiger partial charge in [0.1, 0.15) is 18.0 Å². The summed E-state index contributed by atoms with van der Waals surface area (Å²) >= 11 is 5.86. The van der Waals surface area contributed by atoms with Crippen LogP contribution in [0.2, 0.25) is 5.02 Å². The van der Waals surface area contributed by atoms with Crippen molar-refractivity contribution in [2.45, 2.75) is 37.6 Å². The Morgan fingerprint density at radius 1 is 1.33 bits per heavy atom. The van der Waals surface area contributed by atoms with Gasteiger partial charge >= 0.3 is 0 Å². The molecule has 0 amide bonds. The monoisotopic (exact) mass is 319 g/mol. The number of nitro benzene ring substituents is 1. The van der Waals surface area contributed by atoms with Crippen molar-refractivity contribution >= 4 is 17.3 Å². The first kappa shape index (κ1) is 15.9. The molecule has 1 saturated heterocycles. The van der Waals surface area contributed by atoms with Gasteiger partial charge in [-0.25, -0.2) is 0 Å². The maximum atomic E-state index is 10.6. The van der Waals surface area contributed by atoms with E-state index in [9.17, 15) is 25.4 Å². The van der Waals surface area contributed by atoms with Crippen molar-refractivity contribution in [1.29, 1.82) is 0 Å². The summed E-state index contributed by atoms with van der Waals surface area (Å²) in [7, 11) is 0. The lowest BCUT2D eigenvalue weighted by molar-refractivity contribution is -0.384. The number of ether oxygens (including phenoxy) is 2. The first-order valence-electron chi connectivity index (χ1n) is 6.11. The fraction of sp³-hybridized carbons (Fsp3) is 0.500. The molecule has 1 fully saturated rings. The molecule has 0 saturated carbocycles. The van der Waals surface area contributed by atoms with Crippen molar-refractivity contribution < 1.29 is 29.7 Å². The van der Waals surface area contributed by atoms with Crippen LogP contribution in [0.25, 0.3) is 0 Å². The fourth-order valence-electron chi connectivity index (χ4n) is 1.99. The van der Waals surface area contributed by atoms with E-state index in [1.165, 1.54) is 19.1 Å². The minimum Gasteiger partial charge on any atom is -0.481 e. The van der Waals surface area contributed by atoms with Gasteiger partial charge in [0.15, 0.2) is 12.4 Å². The summed E-state index contributed by atoms with van der Waals surface area (Å²) in [5, 5.41) is 39.9. The van der Waals surface area contributed by atoms with Gasteiger partial charge in [0.2, 0.25) is 0 Å². The number of nitro groups is 1. The Kier molecular flexibility index (Phi) is 4.64. The third-order valence-electron chi connectivity index (χ3n) is 3.19. The lowest BCUT2D eigenvalue weighted by atomic mass is 10.00. The summed E-state index contributed by atoms with van der Waals surface area (Å²) in [5.74, 6) is 0.0238. The van der Waals surface area contributed by atoms with Gasteiger partial charge in [-0.15, -0.1) is 0 Å². The number of non-ortho nitro benzene ring substituents is 1. The Morgan fingerprint density at radius 3 is 2.57 bits per heavy atom. The van der Waals surface area contributed by atoms with E-state index in [-0.39, 0.29) is 16.5 Å². The maximum Gasteiger partial charge on any atom is 0.271 e. The van der Waals surface area contributed by atoms with E-state index >= 15 is 0 Å². The second-order valence-electron chi connectivity index (χ2n) is 4.67. The molecule has 0 bridgehead atoms. The number of nitrogens with zero attached hydrogens (tertiary/aromatic N) is 1. The zero-order valence-electron chi connectivity index (χ0n) is 10.9. The van der Waals surface area contributed by atoms with Crippen molar-refractivity contribution in [3.63, 3.8) is 0 Å². The summed E-state index contributed by atoms with van der Waals surface area (Å²) in [6.07, 6.45) is -6.13. The molecule has 0 radical (unpaired) electrons. The Labute approximate surface area is 124 Å². The number of aliphatic hydroxyl groups is 3. The van der Waals surface area contributed by atoms with Gasteiger partial charge in [0.05, 0.1) is 16.0 Å². The highest BCUT2D eigenvalue weighted by Crippen LogP contribution is 2.32. The molecule has 1 aliphatic heterocycles. The molecule has 0 unspecified atom stereocenters. The molecule has 2 rings (SSSR count). The van der Waals surface area contributed by atoms with E-state index in [1.807, 2.05) is 0 Å². The first-order valence-corrected chi connectivity index (χ1v) is 6.49. The Balaban J connectivity index is 2.19. The van der Waals surface area contributed by atoms with Crippen molar-refractivity contribution in [1.82, 2.24) is 0 Å². The van der Waals surface area contributed by atoms with E-state index in [0.717, 1.165) is 6.07 Å². The zero-order chi connectivity index (χ0) is 15.7. The van der Waals surface area contributed by atoms with Gasteiger partial charge in [0.25, 0.3) is 5.69 Å². The molecular weight excluding hydrogens is 306 g/mol. The minimum atomic E-state index is -1.47. The van der Waals surface area contributed by atoms with Crippen LogP contribution in [-0.4, -0.2) is 50.9 Å². The highest BCUT2D eigenvalue weighted by Gasteiger charge is 2.43. The standard InChI is InChI=1S/C12H14ClNO7/c1-5-9(15)10(16)11(12(17)20-5)21-8-3-2-6(14(18)19)4-7(8)13/h2-5,9-12,15-17H,1H3/t5-,9-,10+,11-,12-/m1/s1. The molecular formula is C12H14ClNO7. The van der Waals surface area contributed by atoms with E-state index in [1.54, 1.807) is 0 Å². The quantitative estimate of drug-likeness (QED) is 0.546. The highest BCUT2D eigenvalue weighted by molar-refractivity contribution is 6.32. The predicted molar refractivity (Wildman–Crippen MR) is 71.1 cm³/mol. The molecule has 5 atom stereocenters. The van der Waals surface area contributed by atoms with E-state index in [0.29, 0.717) is 0 Å². The largest absolute Gasteiger partial charge is 0.481 e. The third-order valence-corrected chi connectivity index (χ3v) is 3.49.